The fourth-order valence-electron chi connectivity index (χ4n) is 2.55. The van der Waals surface area contributed by atoms with Crippen LogP contribution >= 0.6 is 15.9 Å². The van der Waals surface area contributed by atoms with E-state index in [4.69, 9.17) is 5.73 Å². The van der Waals surface area contributed by atoms with Crippen LogP contribution in [0.3, 0.4) is 0 Å². The first-order valence-electron chi connectivity index (χ1n) is 6.26. The molecule has 4 nitrogen and oxygen atoms in total. The van der Waals surface area contributed by atoms with Crippen LogP contribution in [0.25, 0.3) is 11.1 Å². The molecule has 6 heteroatoms. The molecular formula is C14H13BrFN3O. The molecule has 2 aromatic rings. The van der Waals surface area contributed by atoms with E-state index in [0.717, 1.165) is 18.8 Å². The topological polar surface area (TPSA) is 60.1 Å². The van der Waals surface area contributed by atoms with E-state index in [1.165, 1.54) is 6.07 Å². The lowest BCUT2D eigenvalue weighted by atomic mass is 10.0. The summed E-state index contributed by atoms with van der Waals surface area (Å²) in [7, 11) is 0. The maximum absolute atomic E-state index is 13.7. The highest BCUT2D eigenvalue weighted by molar-refractivity contribution is 9.10. The number of carbonyl (C=O) groups excluding carboxylic acids is 1. The highest BCUT2D eigenvalue weighted by Gasteiger charge is 2.23. The number of nitrogens with one attached hydrogen (secondary N) is 1. The summed E-state index contributed by atoms with van der Waals surface area (Å²) >= 11 is 3.12. The molecule has 2 heterocycles. The molecule has 0 atom stereocenters. The van der Waals surface area contributed by atoms with Gasteiger partial charge in [0.25, 0.3) is 5.91 Å². The molecule has 0 aliphatic carbocycles. The van der Waals surface area contributed by atoms with E-state index in [1.807, 2.05) is 10.8 Å². The fourth-order valence-corrected chi connectivity index (χ4v) is 2.80. The molecule has 1 aliphatic heterocycles. The number of halogens is 2. The number of aromatic nitrogens is 1. The Kier molecular flexibility index (Phi) is 3.35. The third-order valence-electron chi connectivity index (χ3n) is 3.49. The van der Waals surface area contributed by atoms with Crippen LogP contribution in [-0.2, 0) is 13.1 Å². The van der Waals surface area contributed by atoms with Crippen LogP contribution in [0, 0.1) is 5.82 Å². The Morgan fingerprint density at radius 2 is 2.25 bits per heavy atom. The van der Waals surface area contributed by atoms with Crippen LogP contribution in [-0.4, -0.2) is 17.0 Å². The maximum atomic E-state index is 13.7. The molecule has 3 rings (SSSR count). The van der Waals surface area contributed by atoms with Gasteiger partial charge in [-0.1, -0.05) is 6.07 Å². The number of nitrogens with two attached hydrogens (primary N) is 1. The molecule has 0 saturated carbocycles. The summed E-state index contributed by atoms with van der Waals surface area (Å²) in [5, 5.41) is 3.21. The van der Waals surface area contributed by atoms with Crippen molar-refractivity contribution in [2.45, 2.75) is 13.1 Å². The smallest absolute Gasteiger partial charge is 0.251 e. The molecule has 1 aromatic carbocycles. The fraction of sp³-hybridized carbons (Fsp3) is 0.214. The van der Waals surface area contributed by atoms with Gasteiger partial charge in [0, 0.05) is 37.1 Å². The first kappa shape index (κ1) is 13.3. The molecule has 0 radical (unpaired) electrons. The standard InChI is InChI=1S/C14H13BrFN3O/c15-10-2-1-8(5-11(10)16)9-7-19-4-3-18-6-12(19)13(9)14(17)20/h1-2,5,7,18H,3-4,6H2,(H2,17,20). The molecule has 0 bridgehead atoms. The Morgan fingerprint density at radius 1 is 1.45 bits per heavy atom. The van der Waals surface area contributed by atoms with E-state index < -0.39 is 5.91 Å². The number of carbonyl (C=O) groups is 1. The monoisotopic (exact) mass is 337 g/mol. The van der Waals surface area contributed by atoms with Gasteiger partial charge in [-0.3, -0.25) is 4.79 Å². The van der Waals surface area contributed by atoms with Crippen molar-refractivity contribution >= 4 is 21.8 Å². The summed E-state index contributed by atoms with van der Waals surface area (Å²) in [6.07, 6.45) is 1.87. The largest absolute Gasteiger partial charge is 0.366 e. The van der Waals surface area contributed by atoms with Gasteiger partial charge in [0.15, 0.2) is 0 Å². The summed E-state index contributed by atoms with van der Waals surface area (Å²) < 4.78 is 16.1. The Morgan fingerprint density at radius 3 is 2.95 bits per heavy atom. The Balaban J connectivity index is 2.19. The second-order valence-electron chi connectivity index (χ2n) is 4.73. The van der Waals surface area contributed by atoms with Gasteiger partial charge < -0.3 is 15.6 Å². The van der Waals surface area contributed by atoms with E-state index in [1.54, 1.807) is 12.1 Å². The number of nitrogens with zero attached hydrogens (tertiary/aromatic N) is 1. The molecule has 3 N–H and O–H groups in total. The number of fused-ring (bicyclic) bond motifs is 1. The predicted octanol–water partition coefficient (Wildman–Crippen LogP) is 2.26. The Labute approximate surface area is 123 Å². The van der Waals surface area contributed by atoms with Gasteiger partial charge in [0.2, 0.25) is 0 Å². The number of hydrogen-bond acceptors (Lipinski definition) is 2. The SMILES string of the molecule is NC(=O)c1c(-c2ccc(Br)c(F)c2)cn2c1CNCC2. The molecular weight excluding hydrogens is 325 g/mol. The van der Waals surface area contributed by atoms with Crippen LogP contribution in [0.1, 0.15) is 16.1 Å². The minimum absolute atomic E-state index is 0.361. The van der Waals surface area contributed by atoms with Crippen LogP contribution in [0.5, 0.6) is 0 Å². The van der Waals surface area contributed by atoms with E-state index in [0.29, 0.717) is 27.7 Å². The summed E-state index contributed by atoms with van der Waals surface area (Å²) in [4.78, 5) is 11.8. The first-order valence-corrected chi connectivity index (χ1v) is 7.05. The van der Waals surface area contributed by atoms with Gasteiger partial charge in [-0.15, -0.1) is 0 Å². The lowest BCUT2D eigenvalue weighted by Gasteiger charge is -2.16. The summed E-state index contributed by atoms with van der Waals surface area (Å²) in [5.41, 5.74) is 8.18. The normalized spacial score (nSPS) is 14.1. The lowest BCUT2D eigenvalue weighted by molar-refractivity contribution is 0.0999. The molecule has 0 fully saturated rings. The number of amides is 1. The quantitative estimate of drug-likeness (QED) is 0.882. The van der Waals surface area contributed by atoms with Crippen molar-refractivity contribution in [2.75, 3.05) is 6.54 Å². The average Bonchev–Trinajstić information content (AvgIpc) is 2.81. The molecule has 1 amide bonds. The van der Waals surface area contributed by atoms with Crippen molar-refractivity contribution in [3.63, 3.8) is 0 Å². The Bertz CT molecular complexity index is 696. The predicted molar refractivity (Wildman–Crippen MR) is 77.8 cm³/mol. The van der Waals surface area contributed by atoms with Crippen molar-refractivity contribution in [1.82, 2.24) is 9.88 Å². The van der Waals surface area contributed by atoms with Crippen LogP contribution in [0.15, 0.2) is 28.9 Å². The second-order valence-corrected chi connectivity index (χ2v) is 5.58. The molecule has 0 spiro atoms. The van der Waals surface area contributed by atoms with E-state index in [2.05, 4.69) is 21.2 Å². The summed E-state index contributed by atoms with van der Waals surface area (Å²) in [6, 6.07) is 4.81. The number of rotatable bonds is 2. The first-order chi connectivity index (χ1) is 9.58. The molecule has 0 saturated heterocycles. The summed E-state index contributed by atoms with van der Waals surface area (Å²) in [6.45, 7) is 2.21. The van der Waals surface area contributed by atoms with Gasteiger partial charge in [0.1, 0.15) is 5.82 Å². The van der Waals surface area contributed by atoms with Crippen LogP contribution in [0.2, 0.25) is 0 Å². The zero-order valence-electron chi connectivity index (χ0n) is 10.6. The summed E-state index contributed by atoms with van der Waals surface area (Å²) in [5.74, 6) is -0.846. The molecule has 20 heavy (non-hydrogen) atoms. The Hall–Kier alpha value is -1.66. The minimum atomic E-state index is -0.485. The third-order valence-corrected chi connectivity index (χ3v) is 4.13. The van der Waals surface area contributed by atoms with Crippen molar-refractivity contribution in [3.05, 3.63) is 45.9 Å². The van der Waals surface area contributed by atoms with Gasteiger partial charge in [-0.25, -0.2) is 4.39 Å². The van der Waals surface area contributed by atoms with Gasteiger partial charge in [0.05, 0.1) is 10.0 Å². The molecule has 1 aliphatic rings. The third kappa shape index (κ3) is 2.14. The zero-order chi connectivity index (χ0) is 14.3. The van der Waals surface area contributed by atoms with Crippen LogP contribution in [0.4, 0.5) is 4.39 Å². The van der Waals surface area contributed by atoms with Gasteiger partial charge >= 0.3 is 0 Å². The van der Waals surface area contributed by atoms with Crippen LogP contribution < -0.4 is 11.1 Å². The molecule has 1 aromatic heterocycles. The second kappa shape index (κ2) is 5.03. The number of hydrogen-bond donors (Lipinski definition) is 2. The zero-order valence-corrected chi connectivity index (χ0v) is 12.2. The highest BCUT2D eigenvalue weighted by atomic mass is 79.9. The van der Waals surface area contributed by atoms with E-state index in [-0.39, 0.29) is 5.82 Å². The van der Waals surface area contributed by atoms with Gasteiger partial charge in [-0.2, -0.15) is 0 Å². The van der Waals surface area contributed by atoms with Crippen molar-refractivity contribution in [1.29, 1.82) is 0 Å². The average molecular weight is 338 g/mol. The minimum Gasteiger partial charge on any atom is -0.366 e. The van der Waals surface area contributed by atoms with Crippen molar-refractivity contribution < 1.29 is 9.18 Å². The van der Waals surface area contributed by atoms with E-state index >= 15 is 0 Å². The molecule has 0 unspecified atom stereocenters. The van der Waals surface area contributed by atoms with E-state index in [9.17, 15) is 9.18 Å². The highest BCUT2D eigenvalue weighted by Crippen LogP contribution is 2.31. The lowest BCUT2D eigenvalue weighted by Crippen LogP contribution is -2.29. The van der Waals surface area contributed by atoms with Gasteiger partial charge in [-0.05, 0) is 33.6 Å². The van der Waals surface area contributed by atoms with Crippen molar-refractivity contribution in [2.24, 2.45) is 5.73 Å². The van der Waals surface area contributed by atoms with Crippen molar-refractivity contribution in [3.8, 4) is 11.1 Å². The maximum Gasteiger partial charge on any atom is 0.251 e. The molecule has 104 valence electrons. The number of benzene rings is 1. The number of primary amides is 1.